The fourth-order valence-electron chi connectivity index (χ4n) is 1.00. The lowest BCUT2D eigenvalue weighted by atomic mass is 10.1. The molecule has 0 bridgehead atoms. The molecule has 0 radical (unpaired) electrons. The maximum Gasteiger partial charge on any atom is 0.200 e. The van der Waals surface area contributed by atoms with Crippen LogP contribution in [0.4, 0.5) is 0 Å². The molecule has 3 nitrogen and oxygen atoms in total. The van der Waals surface area contributed by atoms with Crippen molar-refractivity contribution in [2.24, 2.45) is 0 Å². The Balaban J connectivity index is 3.03. The van der Waals surface area contributed by atoms with Crippen LogP contribution in [0.15, 0.2) is 31.1 Å². The Morgan fingerprint density at radius 3 is 2.38 bits per heavy atom. The molecule has 16 heavy (non-hydrogen) atoms. The molecule has 1 aliphatic carbocycles. The van der Waals surface area contributed by atoms with E-state index in [1.807, 2.05) is 49.4 Å². The van der Waals surface area contributed by atoms with Crippen molar-refractivity contribution in [2.45, 2.75) is 26.3 Å². The Morgan fingerprint density at radius 2 is 1.88 bits per heavy atom. The summed E-state index contributed by atoms with van der Waals surface area (Å²) < 4.78 is 1.65. The number of halogens is 2. The molecule has 0 heterocycles. The highest BCUT2D eigenvalue weighted by Crippen LogP contribution is 2.27. The van der Waals surface area contributed by atoms with Crippen LogP contribution in [-0.2, 0) is 4.79 Å². The fourth-order valence-corrected chi connectivity index (χ4v) is 2.89. The van der Waals surface area contributed by atoms with Crippen molar-refractivity contribution < 1.29 is 10.0 Å². The number of carbonyl (C=O) groups excluding carboxylic acids is 1. The van der Waals surface area contributed by atoms with E-state index in [1.165, 1.54) is 6.20 Å². The predicted octanol–water partition coefficient (Wildman–Crippen LogP) is 3.58. The topological polar surface area (TPSA) is 40.5 Å². The van der Waals surface area contributed by atoms with Gasteiger partial charge in [0.2, 0.25) is 5.78 Å². The van der Waals surface area contributed by atoms with Crippen LogP contribution in [0.5, 0.6) is 0 Å². The lowest BCUT2D eigenvalue weighted by Gasteiger charge is -2.28. The lowest BCUT2D eigenvalue weighted by molar-refractivity contribution is -0.116. The van der Waals surface area contributed by atoms with Crippen LogP contribution in [0, 0.1) is 0 Å². The number of ketones is 1. The van der Waals surface area contributed by atoms with Gasteiger partial charge in [-0.05, 0) is 78.1 Å². The van der Waals surface area contributed by atoms with Gasteiger partial charge in [-0.15, -0.1) is 0 Å². The maximum atomic E-state index is 11.8. The van der Waals surface area contributed by atoms with Crippen LogP contribution in [0.25, 0.3) is 0 Å². The average Bonchev–Trinajstić information content (AvgIpc) is 2.11. The highest BCUT2D eigenvalue weighted by atomic mass is 127. The Hall–Kier alpha value is 0.110. The number of Topliss-reactive ketones (excluding diaryl/α,β-unsaturated/α-hetero) is 1. The first-order valence-electron chi connectivity index (χ1n) is 4.71. The van der Waals surface area contributed by atoms with Gasteiger partial charge in [-0.3, -0.25) is 15.1 Å². The minimum absolute atomic E-state index is 0.0516. The van der Waals surface area contributed by atoms with E-state index < -0.39 is 5.54 Å². The summed E-state index contributed by atoms with van der Waals surface area (Å²) in [4.78, 5) is 11.8. The number of allylic oxidation sites excluding steroid dienone is 5. The lowest BCUT2D eigenvalue weighted by Crippen LogP contribution is -2.35. The van der Waals surface area contributed by atoms with Crippen LogP contribution in [-0.4, -0.2) is 21.6 Å². The van der Waals surface area contributed by atoms with E-state index in [9.17, 15) is 10.0 Å². The van der Waals surface area contributed by atoms with Crippen LogP contribution < -0.4 is 0 Å². The van der Waals surface area contributed by atoms with Gasteiger partial charge in [-0.2, -0.15) is 0 Å². The summed E-state index contributed by atoms with van der Waals surface area (Å²) in [7, 11) is 0. The summed E-state index contributed by atoms with van der Waals surface area (Å²) in [6.07, 6.45) is 5.06. The van der Waals surface area contributed by atoms with E-state index in [1.54, 1.807) is 6.08 Å². The predicted molar refractivity (Wildman–Crippen MR) is 80.7 cm³/mol. The Kier molecular flexibility index (Phi) is 4.58. The highest BCUT2D eigenvalue weighted by molar-refractivity contribution is 14.1. The number of hydrogen-bond donors (Lipinski definition) is 1. The maximum absolute atomic E-state index is 11.8. The monoisotopic (exact) mass is 445 g/mol. The molecule has 0 amide bonds. The minimum atomic E-state index is -0.418. The van der Waals surface area contributed by atoms with Gasteiger partial charge < -0.3 is 0 Å². The van der Waals surface area contributed by atoms with Crippen molar-refractivity contribution in [3.05, 3.63) is 31.1 Å². The van der Waals surface area contributed by atoms with Gasteiger partial charge in [-0.25, -0.2) is 0 Å². The van der Waals surface area contributed by atoms with E-state index in [4.69, 9.17) is 0 Å². The van der Waals surface area contributed by atoms with E-state index >= 15 is 0 Å². The van der Waals surface area contributed by atoms with Crippen molar-refractivity contribution in [3.8, 4) is 0 Å². The third-order valence-corrected chi connectivity index (χ3v) is 3.41. The molecule has 0 aromatic rings. The molecule has 0 aliphatic heterocycles. The summed E-state index contributed by atoms with van der Waals surface area (Å²) in [5, 5.41) is 10.8. The molecule has 5 heteroatoms. The van der Waals surface area contributed by atoms with E-state index in [-0.39, 0.29) is 5.78 Å². The average molecular weight is 445 g/mol. The third-order valence-electron chi connectivity index (χ3n) is 1.99. The number of nitrogens with zero attached hydrogens (tertiary/aromatic N) is 1. The Morgan fingerprint density at radius 1 is 1.31 bits per heavy atom. The Labute approximate surface area is 123 Å². The molecule has 0 aromatic carbocycles. The SMILES string of the molecule is CC(C)(C)N(O)C=C1C=C(I)C=C(I)C1=O. The van der Waals surface area contributed by atoms with Crippen LogP contribution in [0.2, 0.25) is 0 Å². The molecule has 1 N–H and O–H groups in total. The van der Waals surface area contributed by atoms with Gasteiger partial charge in [0.1, 0.15) is 0 Å². The van der Waals surface area contributed by atoms with Crippen LogP contribution >= 0.6 is 45.2 Å². The van der Waals surface area contributed by atoms with Crippen molar-refractivity contribution in [3.63, 3.8) is 0 Å². The fraction of sp³-hybridized carbons (Fsp3) is 0.364. The van der Waals surface area contributed by atoms with Crippen molar-refractivity contribution in [2.75, 3.05) is 0 Å². The number of rotatable bonds is 1. The van der Waals surface area contributed by atoms with Crippen molar-refractivity contribution in [1.29, 1.82) is 0 Å². The normalized spacial score (nSPS) is 19.6. The molecule has 0 atom stereocenters. The second-order valence-electron chi connectivity index (χ2n) is 4.45. The van der Waals surface area contributed by atoms with E-state index in [2.05, 4.69) is 22.6 Å². The summed E-state index contributed by atoms with van der Waals surface area (Å²) in [6, 6.07) is 0. The van der Waals surface area contributed by atoms with Crippen molar-refractivity contribution >= 4 is 51.0 Å². The summed E-state index contributed by atoms with van der Waals surface area (Å²) in [6.45, 7) is 5.60. The van der Waals surface area contributed by atoms with Crippen LogP contribution in [0.3, 0.4) is 0 Å². The smallest absolute Gasteiger partial charge is 0.200 e. The first kappa shape index (κ1) is 14.2. The molecule has 0 saturated heterocycles. The zero-order chi connectivity index (χ0) is 12.5. The molecular weight excluding hydrogens is 432 g/mol. The van der Waals surface area contributed by atoms with Gasteiger partial charge in [0.15, 0.2) is 0 Å². The first-order chi connectivity index (χ1) is 7.21. The molecule has 0 aromatic heterocycles. The molecule has 88 valence electrons. The van der Waals surface area contributed by atoms with Gasteiger partial charge in [-0.1, -0.05) is 0 Å². The van der Waals surface area contributed by atoms with Gasteiger partial charge in [0.05, 0.1) is 9.12 Å². The molecule has 1 aliphatic rings. The zero-order valence-corrected chi connectivity index (χ0v) is 13.6. The molecular formula is C11H13I2NO2. The van der Waals surface area contributed by atoms with Gasteiger partial charge in [0.25, 0.3) is 0 Å². The molecule has 0 fully saturated rings. The van der Waals surface area contributed by atoms with Crippen molar-refractivity contribution in [1.82, 2.24) is 5.06 Å². The summed E-state index contributed by atoms with van der Waals surface area (Å²) in [5.74, 6) is -0.0516. The highest BCUT2D eigenvalue weighted by Gasteiger charge is 2.21. The standard InChI is InChI=1S/C11H13I2NO2/c1-11(2,3)14(16)6-7-4-8(12)5-9(13)10(7)15/h4-6,16H,1-3H3. The number of carbonyl (C=O) groups is 1. The molecule has 0 spiro atoms. The van der Waals surface area contributed by atoms with Gasteiger partial charge in [0, 0.05) is 15.4 Å². The Bertz CT molecular complexity index is 403. The number of hydrogen-bond acceptors (Lipinski definition) is 3. The molecule has 0 saturated carbocycles. The molecule has 0 unspecified atom stereocenters. The van der Waals surface area contributed by atoms with E-state index in [0.717, 1.165) is 8.64 Å². The third kappa shape index (κ3) is 3.56. The van der Waals surface area contributed by atoms with E-state index in [0.29, 0.717) is 9.15 Å². The quantitative estimate of drug-likeness (QED) is 0.382. The van der Waals surface area contributed by atoms with Gasteiger partial charge >= 0.3 is 0 Å². The first-order valence-corrected chi connectivity index (χ1v) is 6.86. The summed E-state index contributed by atoms with van der Waals surface area (Å²) >= 11 is 4.16. The molecule has 1 rings (SSSR count). The largest absolute Gasteiger partial charge is 0.288 e. The number of hydroxylamine groups is 2. The second kappa shape index (κ2) is 5.18. The second-order valence-corrected chi connectivity index (χ2v) is 6.86. The minimum Gasteiger partial charge on any atom is -0.288 e. The van der Waals surface area contributed by atoms with Crippen LogP contribution in [0.1, 0.15) is 20.8 Å². The zero-order valence-electron chi connectivity index (χ0n) is 9.29. The summed E-state index contributed by atoms with van der Waals surface area (Å²) in [5.41, 5.74) is 0.0906.